The van der Waals surface area contributed by atoms with Crippen LogP contribution in [0.1, 0.15) is 25.7 Å². The SMILES string of the molecule is COc1cc(NC(=O)C(O)(C2CC2)C2CC2)cc(Br)n1. The van der Waals surface area contributed by atoms with Gasteiger partial charge in [0.05, 0.1) is 7.11 Å². The van der Waals surface area contributed by atoms with Crippen molar-refractivity contribution in [2.24, 2.45) is 11.8 Å². The van der Waals surface area contributed by atoms with Crippen molar-refractivity contribution in [1.82, 2.24) is 4.98 Å². The van der Waals surface area contributed by atoms with E-state index in [4.69, 9.17) is 4.74 Å². The number of hydrogen-bond donors (Lipinski definition) is 2. The van der Waals surface area contributed by atoms with Crippen LogP contribution in [0.25, 0.3) is 0 Å². The number of rotatable bonds is 5. The maximum atomic E-state index is 12.5. The van der Waals surface area contributed by atoms with Crippen LogP contribution in [-0.2, 0) is 4.79 Å². The number of carbonyl (C=O) groups excluding carboxylic acids is 1. The summed E-state index contributed by atoms with van der Waals surface area (Å²) in [6.07, 6.45) is 3.74. The van der Waals surface area contributed by atoms with E-state index in [1.54, 1.807) is 12.1 Å². The molecule has 5 nitrogen and oxygen atoms in total. The highest BCUT2D eigenvalue weighted by Crippen LogP contribution is 2.52. The van der Waals surface area contributed by atoms with Gasteiger partial charge in [0, 0.05) is 11.8 Å². The normalized spacial score (nSPS) is 18.8. The molecule has 0 bridgehead atoms. The summed E-state index contributed by atoms with van der Waals surface area (Å²) >= 11 is 3.27. The number of aromatic nitrogens is 1. The first kappa shape index (κ1) is 13.8. The van der Waals surface area contributed by atoms with Crippen molar-refractivity contribution < 1.29 is 14.6 Å². The number of halogens is 1. The summed E-state index contributed by atoms with van der Waals surface area (Å²) in [5.74, 6) is 0.336. The van der Waals surface area contributed by atoms with E-state index in [2.05, 4.69) is 26.2 Å². The molecule has 0 unspecified atom stereocenters. The van der Waals surface area contributed by atoms with Crippen LogP contribution in [0.15, 0.2) is 16.7 Å². The van der Waals surface area contributed by atoms with Crippen molar-refractivity contribution in [1.29, 1.82) is 0 Å². The Morgan fingerprint density at radius 3 is 2.50 bits per heavy atom. The number of carbonyl (C=O) groups is 1. The van der Waals surface area contributed by atoms with Crippen LogP contribution in [0.2, 0.25) is 0 Å². The zero-order chi connectivity index (χ0) is 14.3. The largest absolute Gasteiger partial charge is 0.481 e. The van der Waals surface area contributed by atoms with E-state index in [9.17, 15) is 9.90 Å². The topological polar surface area (TPSA) is 71.5 Å². The lowest BCUT2D eigenvalue weighted by Crippen LogP contribution is -2.47. The first-order valence-corrected chi connectivity index (χ1v) is 7.58. The van der Waals surface area contributed by atoms with Gasteiger partial charge >= 0.3 is 0 Å². The number of amides is 1. The molecule has 1 amide bonds. The first-order chi connectivity index (χ1) is 9.54. The van der Waals surface area contributed by atoms with Gasteiger partial charge in [0.2, 0.25) is 5.88 Å². The minimum Gasteiger partial charge on any atom is -0.481 e. The smallest absolute Gasteiger partial charge is 0.256 e. The quantitative estimate of drug-likeness (QED) is 0.807. The Hall–Kier alpha value is -1.14. The van der Waals surface area contributed by atoms with Crippen molar-refractivity contribution >= 4 is 27.5 Å². The number of ether oxygens (including phenoxy) is 1. The highest BCUT2D eigenvalue weighted by molar-refractivity contribution is 9.10. The fourth-order valence-electron chi connectivity index (χ4n) is 2.63. The molecule has 1 heterocycles. The van der Waals surface area contributed by atoms with Crippen molar-refractivity contribution in [3.8, 4) is 5.88 Å². The maximum Gasteiger partial charge on any atom is 0.256 e. The summed E-state index contributed by atoms with van der Waals surface area (Å²) in [6.45, 7) is 0. The van der Waals surface area contributed by atoms with Gasteiger partial charge in [-0.1, -0.05) is 0 Å². The highest BCUT2D eigenvalue weighted by Gasteiger charge is 2.58. The molecule has 0 atom stereocenters. The van der Waals surface area contributed by atoms with Gasteiger partial charge in [-0.25, -0.2) is 4.98 Å². The van der Waals surface area contributed by atoms with E-state index >= 15 is 0 Å². The van der Waals surface area contributed by atoms with Crippen LogP contribution in [0.4, 0.5) is 5.69 Å². The van der Waals surface area contributed by atoms with Crippen molar-refractivity contribution in [2.75, 3.05) is 12.4 Å². The second-order valence-corrected chi connectivity index (χ2v) is 6.36. The van der Waals surface area contributed by atoms with Crippen molar-refractivity contribution in [3.63, 3.8) is 0 Å². The van der Waals surface area contributed by atoms with Gasteiger partial charge in [0.25, 0.3) is 5.91 Å². The minimum absolute atomic E-state index is 0.113. The molecule has 1 aromatic rings. The lowest BCUT2D eigenvalue weighted by Gasteiger charge is -2.27. The van der Waals surface area contributed by atoms with Crippen LogP contribution < -0.4 is 10.1 Å². The number of anilines is 1. The van der Waals surface area contributed by atoms with E-state index in [0.29, 0.717) is 16.2 Å². The second-order valence-electron chi connectivity index (χ2n) is 5.55. The minimum atomic E-state index is -1.21. The zero-order valence-electron chi connectivity index (χ0n) is 11.2. The highest BCUT2D eigenvalue weighted by atomic mass is 79.9. The van der Waals surface area contributed by atoms with Crippen molar-refractivity contribution in [3.05, 3.63) is 16.7 Å². The van der Waals surface area contributed by atoms with Crippen LogP contribution in [0, 0.1) is 11.8 Å². The van der Waals surface area contributed by atoms with Crippen LogP contribution in [0.3, 0.4) is 0 Å². The third kappa shape index (κ3) is 2.54. The van der Waals surface area contributed by atoms with Gasteiger partial charge < -0.3 is 15.2 Å². The average molecular weight is 341 g/mol. The summed E-state index contributed by atoms with van der Waals surface area (Å²) in [6, 6.07) is 3.34. The Morgan fingerprint density at radius 1 is 1.40 bits per heavy atom. The molecule has 2 N–H and O–H groups in total. The molecule has 0 aromatic carbocycles. The Morgan fingerprint density at radius 2 is 2.00 bits per heavy atom. The van der Waals surface area contributed by atoms with Gasteiger partial charge in [-0.15, -0.1) is 0 Å². The van der Waals surface area contributed by atoms with Gasteiger partial charge in [-0.05, 0) is 59.5 Å². The molecule has 20 heavy (non-hydrogen) atoms. The molecule has 2 aliphatic rings. The second kappa shape index (κ2) is 5.00. The van der Waals surface area contributed by atoms with Gasteiger partial charge in [-0.3, -0.25) is 4.79 Å². The lowest BCUT2D eigenvalue weighted by molar-refractivity contribution is -0.138. The molecule has 6 heteroatoms. The van der Waals surface area contributed by atoms with Crippen LogP contribution >= 0.6 is 15.9 Å². The molecule has 0 radical (unpaired) electrons. The molecule has 2 saturated carbocycles. The number of pyridine rings is 1. The molecule has 2 aliphatic carbocycles. The summed E-state index contributed by atoms with van der Waals surface area (Å²) in [5.41, 5.74) is -0.628. The summed E-state index contributed by atoms with van der Waals surface area (Å²) < 4.78 is 5.64. The lowest BCUT2D eigenvalue weighted by atomic mass is 9.90. The Bertz CT molecular complexity index is 529. The molecular weight excluding hydrogens is 324 g/mol. The Kier molecular flexibility index (Phi) is 3.46. The van der Waals surface area contributed by atoms with Gasteiger partial charge in [0.15, 0.2) is 0 Å². The number of methoxy groups -OCH3 is 1. The summed E-state index contributed by atoms with van der Waals surface area (Å²) in [7, 11) is 1.52. The molecule has 108 valence electrons. The molecule has 0 spiro atoms. The predicted octanol–water partition coefficient (Wildman–Crippen LogP) is 2.34. The van der Waals surface area contributed by atoms with E-state index in [-0.39, 0.29) is 17.7 Å². The molecule has 0 aliphatic heterocycles. The molecule has 1 aromatic heterocycles. The molecular formula is C14H17BrN2O3. The third-order valence-corrected chi connectivity index (χ3v) is 4.41. The predicted molar refractivity (Wildman–Crippen MR) is 77.5 cm³/mol. The standard InChI is InChI=1S/C14H17BrN2O3/c1-20-12-7-10(6-11(15)17-12)16-13(18)14(19,8-2-3-8)9-4-5-9/h6-9,19H,2-5H2,1H3,(H,16,17,18). The van der Waals surface area contributed by atoms with Crippen LogP contribution in [-0.4, -0.2) is 28.7 Å². The monoisotopic (exact) mass is 340 g/mol. The van der Waals surface area contributed by atoms with Crippen LogP contribution in [0.5, 0.6) is 5.88 Å². The summed E-state index contributed by atoms with van der Waals surface area (Å²) in [5, 5.41) is 13.5. The van der Waals surface area contributed by atoms with Crippen molar-refractivity contribution in [2.45, 2.75) is 31.3 Å². The number of nitrogens with zero attached hydrogens (tertiary/aromatic N) is 1. The van der Waals surface area contributed by atoms with E-state index in [1.165, 1.54) is 7.11 Å². The first-order valence-electron chi connectivity index (χ1n) is 6.79. The van der Waals surface area contributed by atoms with Gasteiger partial charge in [-0.2, -0.15) is 0 Å². The number of nitrogens with one attached hydrogen (secondary N) is 1. The van der Waals surface area contributed by atoms with E-state index < -0.39 is 5.60 Å². The summed E-state index contributed by atoms with van der Waals surface area (Å²) in [4.78, 5) is 16.6. The Labute approximate surface area is 125 Å². The number of hydrogen-bond acceptors (Lipinski definition) is 4. The molecule has 2 fully saturated rings. The third-order valence-electron chi connectivity index (χ3n) is 4.00. The van der Waals surface area contributed by atoms with E-state index in [1.807, 2.05) is 0 Å². The molecule has 0 saturated heterocycles. The zero-order valence-corrected chi connectivity index (χ0v) is 12.8. The van der Waals surface area contributed by atoms with E-state index in [0.717, 1.165) is 25.7 Å². The average Bonchev–Trinajstić information content (AvgIpc) is 3.29. The van der Waals surface area contributed by atoms with Gasteiger partial charge in [0.1, 0.15) is 10.2 Å². The maximum absolute atomic E-state index is 12.5. The fraction of sp³-hybridized carbons (Fsp3) is 0.571. The molecule has 3 rings (SSSR count). The number of aliphatic hydroxyl groups is 1. The fourth-order valence-corrected chi connectivity index (χ4v) is 3.05. The Balaban J connectivity index is 1.79.